The lowest BCUT2D eigenvalue weighted by molar-refractivity contribution is 0.212. The number of nitrogens with one attached hydrogen (secondary N) is 2. The summed E-state index contributed by atoms with van der Waals surface area (Å²) < 4.78 is 1.39. The maximum atomic E-state index is 12.5. The molecule has 0 saturated heterocycles. The number of nitrogens with zero attached hydrogens (tertiary/aromatic N) is 2. The highest BCUT2D eigenvalue weighted by atomic mass is 16.2. The number of fused-ring (bicyclic) bond motifs is 1. The molecule has 6 nitrogen and oxygen atoms in total. The van der Waals surface area contributed by atoms with Crippen LogP contribution in [0.1, 0.15) is 34.6 Å². The first kappa shape index (κ1) is 19.0. The van der Waals surface area contributed by atoms with Gasteiger partial charge in [0.05, 0.1) is 18.1 Å². The molecule has 1 aromatic carbocycles. The lowest BCUT2D eigenvalue weighted by Gasteiger charge is -2.29. The fourth-order valence-electron chi connectivity index (χ4n) is 2.35. The van der Waals surface area contributed by atoms with E-state index < -0.39 is 0 Å². The molecule has 1 atom stereocenters. The number of urea groups is 1. The van der Waals surface area contributed by atoms with Gasteiger partial charge in [0.1, 0.15) is 0 Å². The van der Waals surface area contributed by atoms with Gasteiger partial charge in [0.15, 0.2) is 0 Å². The van der Waals surface area contributed by atoms with E-state index in [0.29, 0.717) is 24.4 Å². The smallest absolute Gasteiger partial charge is 0.315 e. The van der Waals surface area contributed by atoms with Crippen molar-refractivity contribution < 1.29 is 4.79 Å². The van der Waals surface area contributed by atoms with Crippen LogP contribution in [-0.2, 0) is 6.54 Å². The Labute approximate surface area is 148 Å². The molecule has 0 bridgehead atoms. The van der Waals surface area contributed by atoms with Gasteiger partial charge < -0.3 is 10.6 Å². The molecule has 0 aliphatic carbocycles. The third-order valence-corrected chi connectivity index (χ3v) is 4.85. The zero-order valence-corrected chi connectivity index (χ0v) is 15.7. The Morgan fingerprint density at radius 1 is 1.24 bits per heavy atom. The summed E-state index contributed by atoms with van der Waals surface area (Å²) in [5.41, 5.74) is -0.120. The van der Waals surface area contributed by atoms with Crippen molar-refractivity contribution in [1.29, 1.82) is 0 Å². The van der Waals surface area contributed by atoms with E-state index in [1.54, 1.807) is 12.3 Å². The second-order valence-corrected chi connectivity index (χ2v) is 7.59. The van der Waals surface area contributed by atoms with E-state index in [1.165, 1.54) is 4.68 Å². The maximum absolute atomic E-state index is 12.5. The van der Waals surface area contributed by atoms with Crippen molar-refractivity contribution in [2.24, 2.45) is 11.3 Å². The fourth-order valence-corrected chi connectivity index (χ4v) is 2.35. The van der Waals surface area contributed by atoms with Crippen LogP contribution in [0.4, 0.5) is 4.79 Å². The minimum absolute atomic E-state index is 0.0252. The first-order valence-corrected chi connectivity index (χ1v) is 8.70. The molecule has 2 aromatic rings. The Balaban J connectivity index is 1.96. The molecule has 1 heterocycles. The maximum Gasteiger partial charge on any atom is 0.315 e. The lowest BCUT2D eigenvalue weighted by atomic mass is 9.81. The third-order valence-electron chi connectivity index (χ3n) is 4.85. The topological polar surface area (TPSA) is 76.0 Å². The SMILES string of the molecule is CC(C)C(C)(C)CNC(=O)N[C@@H](C)Cn1ncc2ccccc2c1=O. The fraction of sp³-hybridized carbons (Fsp3) is 0.526. The van der Waals surface area contributed by atoms with Crippen molar-refractivity contribution in [2.75, 3.05) is 6.54 Å². The minimum atomic E-state index is -0.227. The van der Waals surface area contributed by atoms with E-state index in [9.17, 15) is 9.59 Å². The molecule has 0 aliphatic heterocycles. The summed E-state index contributed by atoms with van der Waals surface area (Å²) in [6.07, 6.45) is 1.68. The molecule has 1 aromatic heterocycles. The molecule has 0 radical (unpaired) electrons. The van der Waals surface area contributed by atoms with Gasteiger partial charge in [0.25, 0.3) is 5.56 Å². The van der Waals surface area contributed by atoms with Crippen LogP contribution in [0, 0.1) is 11.3 Å². The molecular formula is C19H28N4O2. The quantitative estimate of drug-likeness (QED) is 0.846. The Morgan fingerprint density at radius 2 is 1.92 bits per heavy atom. The predicted molar refractivity (Wildman–Crippen MR) is 101 cm³/mol. The zero-order chi connectivity index (χ0) is 18.6. The first-order valence-electron chi connectivity index (χ1n) is 8.70. The molecule has 0 fully saturated rings. The van der Waals surface area contributed by atoms with Crippen molar-refractivity contribution in [1.82, 2.24) is 20.4 Å². The lowest BCUT2D eigenvalue weighted by Crippen LogP contribution is -2.47. The largest absolute Gasteiger partial charge is 0.338 e. The van der Waals surface area contributed by atoms with Crippen LogP contribution in [0.3, 0.4) is 0 Å². The number of amides is 2. The molecule has 0 spiro atoms. The number of hydrogen-bond donors (Lipinski definition) is 2. The first-order chi connectivity index (χ1) is 11.7. The Morgan fingerprint density at radius 3 is 2.60 bits per heavy atom. The van der Waals surface area contributed by atoms with Crippen molar-refractivity contribution >= 4 is 16.8 Å². The van der Waals surface area contributed by atoms with Gasteiger partial charge in [-0.15, -0.1) is 0 Å². The molecule has 0 unspecified atom stereocenters. The number of carbonyl (C=O) groups excluding carboxylic acids is 1. The molecular weight excluding hydrogens is 316 g/mol. The molecule has 25 heavy (non-hydrogen) atoms. The van der Waals surface area contributed by atoms with Crippen molar-refractivity contribution in [2.45, 2.75) is 47.2 Å². The van der Waals surface area contributed by atoms with Gasteiger partial charge in [0, 0.05) is 18.0 Å². The van der Waals surface area contributed by atoms with Crippen LogP contribution in [0.5, 0.6) is 0 Å². The monoisotopic (exact) mass is 344 g/mol. The standard InChI is InChI=1S/C19H28N4O2/c1-13(2)19(4,5)12-20-18(25)22-14(3)11-23-17(24)16-9-7-6-8-15(16)10-21-23/h6-10,13-14H,11-12H2,1-5H3,(H2,20,22,25)/t14-/m0/s1. The zero-order valence-electron chi connectivity index (χ0n) is 15.7. The van der Waals surface area contributed by atoms with Gasteiger partial charge in [0.2, 0.25) is 0 Å². The van der Waals surface area contributed by atoms with Gasteiger partial charge in [-0.2, -0.15) is 5.10 Å². The van der Waals surface area contributed by atoms with Gasteiger partial charge in [-0.1, -0.05) is 45.9 Å². The Bertz CT molecular complexity index is 795. The van der Waals surface area contributed by atoms with E-state index in [-0.39, 0.29) is 23.0 Å². The predicted octanol–water partition coefficient (Wildman–Crippen LogP) is 2.77. The summed E-state index contributed by atoms with van der Waals surface area (Å²) in [7, 11) is 0. The highest BCUT2D eigenvalue weighted by Gasteiger charge is 2.23. The highest BCUT2D eigenvalue weighted by Crippen LogP contribution is 2.24. The number of rotatable bonds is 6. The summed E-state index contributed by atoms with van der Waals surface area (Å²) in [5, 5.41) is 11.4. The minimum Gasteiger partial charge on any atom is -0.338 e. The molecule has 0 saturated carbocycles. The van der Waals surface area contributed by atoms with Gasteiger partial charge in [-0.3, -0.25) is 4.79 Å². The summed E-state index contributed by atoms with van der Waals surface area (Å²) >= 11 is 0. The van der Waals surface area contributed by atoms with E-state index >= 15 is 0 Å². The second kappa shape index (κ2) is 7.68. The van der Waals surface area contributed by atoms with Crippen LogP contribution >= 0.6 is 0 Å². The average molecular weight is 344 g/mol. The van der Waals surface area contributed by atoms with Crippen LogP contribution < -0.4 is 16.2 Å². The summed E-state index contributed by atoms with van der Waals surface area (Å²) in [6.45, 7) is 11.3. The van der Waals surface area contributed by atoms with Crippen LogP contribution in [-0.4, -0.2) is 28.4 Å². The molecule has 6 heteroatoms. The van der Waals surface area contributed by atoms with Gasteiger partial charge in [-0.25, -0.2) is 9.48 Å². The van der Waals surface area contributed by atoms with Crippen molar-refractivity contribution in [3.8, 4) is 0 Å². The number of carbonyl (C=O) groups is 1. The molecule has 2 N–H and O–H groups in total. The highest BCUT2D eigenvalue weighted by molar-refractivity contribution is 5.80. The molecule has 136 valence electrons. The van der Waals surface area contributed by atoms with Crippen LogP contribution in [0.2, 0.25) is 0 Å². The molecule has 2 rings (SSSR count). The Kier molecular flexibility index (Phi) is 5.82. The van der Waals surface area contributed by atoms with E-state index in [2.05, 4.69) is 43.4 Å². The molecule has 0 aliphatic rings. The summed E-state index contributed by atoms with van der Waals surface area (Å²) in [5.74, 6) is 0.464. The second-order valence-electron chi connectivity index (χ2n) is 7.59. The Hall–Kier alpha value is -2.37. The normalized spacial score (nSPS) is 13.0. The average Bonchev–Trinajstić information content (AvgIpc) is 2.56. The van der Waals surface area contributed by atoms with E-state index in [0.717, 1.165) is 5.39 Å². The number of hydrogen-bond acceptors (Lipinski definition) is 3. The van der Waals surface area contributed by atoms with Crippen molar-refractivity contribution in [3.05, 3.63) is 40.8 Å². The third kappa shape index (κ3) is 4.81. The van der Waals surface area contributed by atoms with E-state index in [1.807, 2.05) is 25.1 Å². The van der Waals surface area contributed by atoms with Gasteiger partial charge >= 0.3 is 6.03 Å². The summed E-state index contributed by atoms with van der Waals surface area (Å²) in [4.78, 5) is 24.5. The van der Waals surface area contributed by atoms with Gasteiger partial charge in [-0.05, 0) is 24.3 Å². The number of aromatic nitrogens is 2. The van der Waals surface area contributed by atoms with Crippen LogP contribution in [0.15, 0.2) is 35.3 Å². The number of benzene rings is 1. The summed E-state index contributed by atoms with van der Waals surface area (Å²) in [6, 6.07) is 6.91. The van der Waals surface area contributed by atoms with Crippen LogP contribution in [0.25, 0.3) is 10.8 Å². The molecule has 2 amide bonds. The van der Waals surface area contributed by atoms with E-state index in [4.69, 9.17) is 0 Å². The van der Waals surface area contributed by atoms with Crippen molar-refractivity contribution in [3.63, 3.8) is 0 Å².